The Morgan fingerprint density at radius 2 is 2.12 bits per heavy atom. The van der Waals surface area contributed by atoms with Gasteiger partial charge in [0.05, 0.1) is 19.2 Å². The molecule has 2 atom stereocenters. The number of piperidine rings is 1. The van der Waals surface area contributed by atoms with Gasteiger partial charge in [-0.2, -0.15) is 5.10 Å². The maximum absolute atomic E-state index is 12.2. The van der Waals surface area contributed by atoms with Crippen molar-refractivity contribution in [2.45, 2.75) is 32.5 Å². The monoisotopic (exact) mass is 342 g/mol. The molecule has 0 radical (unpaired) electrons. The predicted octanol–water partition coefficient (Wildman–Crippen LogP) is 1.25. The Bertz CT molecular complexity index is 686. The molecule has 2 heterocycles. The fraction of sp³-hybridized carbons (Fsp3) is 0.474. The first-order valence-corrected chi connectivity index (χ1v) is 8.83. The maximum Gasteiger partial charge on any atom is 0.234 e. The van der Waals surface area contributed by atoms with Crippen molar-refractivity contribution in [2.24, 2.45) is 5.92 Å². The van der Waals surface area contributed by atoms with E-state index in [1.165, 1.54) is 0 Å². The number of hydrogen-bond donors (Lipinski definition) is 2. The highest BCUT2D eigenvalue weighted by Gasteiger charge is 2.25. The molecule has 1 amide bonds. The quantitative estimate of drug-likeness (QED) is 0.829. The highest BCUT2D eigenvalue weighted by molar-refractivity contribution is 5.78. The van der Waals surface area contributed by atoms with Crippen LogP contribution in [0.15, 0.2) is 42.7 Å². The molecular weight excluding hydrogens is 316 g/mol. The average Bonchev–Trinajstić information content (AvgIpc) is 3.10. The molecule has 1 fully saturated rings. The SMILES string of the molecule is CC1CCN(CC(=O)NCc2ccccc2Cn2cccn2)CC1O. The predicted molar refractivity (Wildman–Crippen MR) is 95.8 cm³/mol. The molecule has 2 unspecified atom stereocenters. The zero-order valence-corrected chi connectivity index (χ0v) is 14.6. The molecule has 3 rings (SSSR count). The van der Waals surface area contributed by atoms with Gasteiger partial charge in [0.2, 0.25) is 5.91 Å². The highest BCUT2D eigenvalue weighted by Crippen LogP contribution is 2.16. The Hall–Kier alpha value is -2.18. The van der Waals surface area contributed by atoms with E-state index in [2.05, 4.69) is 23.4 Å². The van der Waals surface area contributed by atoms with E-state index in [0.717, 1.165) is 24.1 Å². The number of carbonyl (C=O) groups is 1. The number of aromatic nitrogens is 2. The van der Waals surface area contributed by atoms with Gasteiger partial charge in [-0.15, -0.1) is 0 Å². The van der Waals surface area contributed by atoms with Gasteiger partial charge in [0.15, 0.2) is 0 Å². The third kappa shape index (κ3) is 4.90. The van der Waals surface area contributed by atoms with Gasteiger partial charge in [-0.05, 0) is 36.1 Å². The molecule has 134 valence electrons. The van der Waals surface area contributed by atoms with Crippen LogP contribution in [-0.2, 0) is 17.9 Å². The van der Waals surface area contributed by atoms with Gasteiger partial charge in [0.1, 0.15) is 0 Å². The fourth-order valence-electron chi connectivity index (χ4n) is 3.16. The van der Waals surface area contributed by atoms with Gasteiger partial charge in [-0.1, -0.05) is 31.2 Å². The maximum atomic E-state index is 12.2. The molecule has 2 aromatic rings. The standard InChI is InChI=1S/C19H26N4O2/c1-15-7-10-22(13-18(15)24)14-19(25)20-11-16-5-2-3-6-17(16)12-23-9-4-8-21-23/h2-6,8-9,15,18,24H,7,10-14H2,1H3,(H,20,25). The summed E-state index contributed by atoms with van der Waals surface area (Å²) in [6.07, 6.45) is 4.29. The van der Waals surface area contributed by atoms with Crippen LogP contribution in [0.5, 0.6) is 0 Å². The van der Waals surface area contributed by atoms with Gasteiger partial charge in [0, 0.05) is 25.5 Å². The summed E-state index contributed by atoms with van der Waals surface area (Å²) < 4.78 is 1.87. The summed E-state index contributed by atoms with van der Waals surface area (Å²) in [5, 5.41) is 17.2. The number of hydrogen-bond acceptors (Lipinski definition) is 4. The smallest absolute Gasteiger partial charge is 0.234 e. The molecule has 0 bridgehead atoms. The number of carbonyl (C=O) groups excluding carboxylic acids is 1. The normalized spacial score (nSPS) is 21.2. The van der Waals surface area contributed by atoms with E-state index in [1.54, 1.807) is 6.20 Å². The van der Waals surface area contributed by atoms with Crippen molar-refractivity contribution in [3.8, 4) is 0 Å². The summed E-state index contributed by atoms with van der Waals surface area (Å²) in [5.41, 5.74) is 2.24. The van der Waals surface area contributed by atoms with Crippen molar-refractivity contribution < 1.29 is 9.90 Å². The van der Waals surface area contributed by atoms with Gasteiger partial charge < -0.3 is 10.4 Å². The molecule has 1 aromatic carbocycles. The minimum atomic E-state index is -0.337. The summed E-state index contributed by atoms with van der Waals surface area (Å²) in [4.78, 5) is 14.3. The summed E-state index contributed by atoms with van der Waals surface area (Å²) in [7, 11) is 0. The van der Waals surface area contributed by atoms with E-state index < -0.39 is 0 Å². The van der Waals surface area contributed by atoms with Crippen LogP contribution in [0.25, 0.3) is 0 Å². The molecule has 0 spiro atoms. The molecule has 1 aromatic heterocycles. The van der Waals surface area contributed by atoms with Gasteiger partial charge in [-0.25, -0.2) is 0 Å². The third-order valence-electron chi connectivity index (χ3n) is 4.86. The van der Waals surface area contributed by atoms with E-state index in [0.29, 0.717) is 32.1 Å². The van der Waals surface area contributed by atoms with Crippen LogP contribution in [0.4, 0.5) is 0 Å². The Morgan fingerprint density at radius 1 is 1.32 bits per heavy atom. The zero-order chi connectivity index (χ0) is 17.6. The molecule has 6 nitrogen and oxygen atoms in total. The number of β-amino-alcohol motifs (C(OH)–C–C–N with tert-alkyl or cyclic N) is 1. The summed E-state index contributed by atoms with van der Waals surface area (Å²) in [5.74, 6) is 0.309. The molecule has 1 aliphatic rings. The van der Waals surface area contributed by atoms with Gasteiger partial charge in [-0.3, -0.25) is 14.4 Å². The molecular formula is C19H26N4O2. The lowest BCUT2D eigenvalue weighted by molar-refractivity contribution is -0.123. The van der Waals surface area contributed by atoms with Crippen LogP contribution < -0.4 is 5.32 Å². The van der Waals surface area contributed by atoms with Crippen molar-refractivity contribution in [2.75, 3.05) is 19.6 Å². The zero-order valence-electron chi connectivity index (χ0n) is 14.6. The first-order valence-electron chi connectivity index (χ1n) is 8.83. The largest absolute Gasteiger partial charge is 0.392 e. The van der Waals surface area contributed by atoms with Crippen LogP contribution >= 0.6 is 0 Å². The average molecular weight is 342 g/mol. The lowest BCUT2D eigenvalue weighted by Gasteiger charge is -2.33. The number of benzene rings is 1. The van der Waals surface area contributed by atoms with Crippen molar-refractivity contribution in [3.63, 3.8) is 0 Å². The molecule has 1 aliphatic heterocycles. The summed E-state index contributed by atoms with van der Waals surface area (Å²) in [6, 6.07) is 9.98. The van der Waals surface area contributed by atoms with Crippen molar-refractivity contribution >= 4 is 5.91 Å². The Balaban J connectivity index is 1.52. The van der Waals surface area contributed by atoms with Crippen LogP contribution in [0.1, 0.15) is 24.5 Å². The molecule has 0 saturated carbocycles. The molecule has 2 N–H and O–H groups in total. The van der Waals surface area contributed by atoms with Crippen molar-refractivity contribution in [1.29, 1.82) is 0 Å². The van der Waals surface area contributed by atoms with E-state index in [4.69, 9.17) is 0 Å². The first kappa shape index (κ1) is 17.6. The van der Waals surface area contributed by atoms with Crippen LogP contribution in [0, 0.1) is 5.92 Å². The second-order valence-corrected chi connectivity index (χ2v) is 6.82. The molecule has 25 heavy (non-hydrogen) atoms. The number of amides is 1. The van der Waals surface area contributed by atoms with E-state index in [9.17, 15) is 9.90 Å². The van der Waals surface area contributed by atoms with E-state index >= 15 is 0 Å². The minimum absolute atomic E-state index is 0.00403. The molecule has 0 aliphatic carbocycles. The number of aliphatic hydroxyl groups excluding tert-OH is 1. The second-order valence-electron chi connectivity index (χ2n) is 6.82. The number of likely N-dealkylation sites (tertiary alicyclic amines) is 1. The van der Waals surface area contributed by atoms with Crippen LogP contribution in [-0.4, -0.2) is 51.4 Å². The molecule has 1 saturated heterocycles. The fourth-order valence-corrected chi connectivity index (χ4v) is 3.16. The van der Waals surface area contributed by atoms with E-state index in [1.807, 2.05) is 40.0 Å². The van der Waals surface area contributed by atoms with Crippen LogP contribution in [0.3, 0.4) is 0 Å². The lowest BCUT2D eigenvalue weighted by atomic mass is 9.96. The Morgan fingerprint density at radius 3 is 2.84 bits per heavy atom. The highest BCUT2D eigenvalue weighted by atomic mass is 16.3. The minimum Gasteiger partial charge on any atom is -0.392 e. The number of nitrogens with one attached hydrogen (secondary N) is 1. The molecule has 6 heteroatoms. The van der Waals surface area contributed by atoms with E-state index in [-0.39, 0.29) is 12.0 Å². The van der Waals surface area contributed by atoms with Crippen molar-refractivity contribution in [1.82, 2.24) is 20.0 Å². The topological polar surface area (TPSA) is 70.4 Å². The van der Waals surface area contributed by atoms with Crippen molar-refractivity contribution in [3.05, 3.63) is 53.9 Å². The van der Waals surface area contributed by atoms with Gasteiger partial charge >= 0.3 is 0 Å². The number of rotatable bonds is 6. The Labute approximate surface area is 148 Å². The number of nitrogens with zero attached hydrogens (tertiary/aromatic N) is 3. The lowest BCUT2D eigenvalue weighted by Crippen LogP contribution is -2.46. The second kappa shape index (κ2) is 8.27. The number of aliphatic hydroxyl groups is 1. The summed E-state index contributed by atoms with van der Waals surface area (Å²) in [6.45, 7) is 5.02. The summed E-state index contributed by atoms with van der Waals surface area (Å²) >= 11 is 0. The van der Waals surface area contributed by atoms with Crippen LogP contribution in [0.2, 0.25) is 0 Å². The Kier molecular flexibility index (Phi) is 5.83. The third-order valence-corrected chi connectivity index (χ3v) is 4.86. The van der Waals surface area contributed by atoms with Gasteiger partial charge in [0.25, 0.3) is 0 Å². The first-order chi connectivity index (χ1) is 12.1.